The monoisotopic (exact) mass is 301 g/mol. The van der Waals surface area contributed by atoms with E-state index in [1.54, 1.807) is 13.8 Å². The lowest BCUT2D eigenvalue weighted by Gasteiger charge is -2.25. The molecule has 0 radical (unpaired) electrons. The number of carboxylic acid groups (broad SMARTS) is 1. The summed E-state index contributed by atoms with van der Waals surface area (Å²) in [6.45, 7) is 4.10. The topological polar surface area (TPSA) is 83.9 Å². The van der Waals surface area contributed by atoms with Crippen LogP contribution in [0.15, 0.2) is 29.2 Å². The minimum Gasteiger partial charge on any atom is -0.478 e. The minimum absolute atomic E-state index is 0.0527. The summed E-state index contributed by atoms with van der Waals surface area (Å²) >= 11 is 0. The van der Waals surface area contributed by atoms with Crippen LogP contribution in [-0.4, -0.2) is 50.1 Å². The van der Waals surface area contributed by atoms with E-state index in [4.69, 9.17) is 9.84 Å². The molecule has 1 aromatic rings. The predicted octanol–water partition coefficient (Wildman–Crippen LogP) is 1.43. The third kappa shape index (κ3) is 3.78. The number of nitrogens with zero attached hydrogens (tertiary/aromatic N) is 1. The van der Waals surface area contributed by atoms with Gasteiger partial charge in [0, 0.05) is 19.7 Å². The van der Waals surface area contributed by atoms with Crippen LogP contribution in [-0.2, 0) is 14.8 Å². The van der Waals surface area contributed by atoms with Crippen molar-refractivity contribution in [2.24, 2.45) is 0 Å². The third-order valence-electron chi connectivity index (χ3n) is 2.80. The van der Waals surface area contributed by atoms with E-state index in [2.05, 4.69) is 0 Å². The summed E-state index contributed by atoms with van der Waals surface area (Å²) in [5.74, 6) is -1.09. The Morgan fingerprint density at radius 1 is 1.30 bits per heavy atom. The summed E-state index contributed by atoms with van der Waals surface area (Å²) in [5, 5.41) is 8.82. The minimum atomic E-state index is -3.65. The lowest BCUT2D eigenvalue weighted by molar-refractivity contribution is 0.0696. The molecule has 0 unspecified atom stereocenters. The van der Waals surface area contributed by atoms with E-state index in [-0.39, 0.29) is 23.0 Å². The second-order valence-corrected chi connectivity index (χ2v) is 6.42. The van der Waals surface area contributed by atoms with Crippen LogP contribution in [0.1, 0.15) is 24.2 Å². The Morgan fingerprint density at radius 3 is 2.25 bits per heavy atom. The Balaban J connectivity index is 3.09. The highest BCUT2D eigenvalue weighted by Gasteiger charge is 2.26. The molecule has 0 aliphatic rings. The fraction of sp³-hybridized carbons (Fsp3) is 0.462. The molecule has 1 N–H and O–H groups in total. The molecule has 20 heavy (non-hydrogen) atoms. The van der Waals surface area contributed by atoms with Gasteiger partial charge in [-0.25, -0.2) is 13.2 Å². The zero-order chi connectivity index (χ0) is 15.3. The van der Waals surface area contributed by atoms with Crippen molar-refractivity contribution in [3.05, 3.63) is 29.8 Å². The molecular formula is C13H19NO5S. The maximum atomic E-state index is 12.5. The molecule has 0 aliphatic heterocycles. The van der Waals surface area contributed by atoms with E-state index in [1.807, 2.05) is 0 Å². The van der Waals surface area contributed by atoms with Crippen molar-refractivity contribution in [2.75, 3.05) is 20.3 Å². The van der Waals surface area contributed by atoms with Crippen LogP contribution in [0, 0.1) is 0 Å². The molecule has 0 spiro atoms. The molecule has 0 aromatic heterocycles. The SMILES string of the molecule is COCCN(C(C)C)S(=O)(=O)c1ccc(C(=O)O)cc1. The molecule has 0 saturated heterocycles. The molecule has 6 nitrogen and oxygen atoms in total. The molecule has 0 amide bonds. The van der Waals surface area contributed by atoms with Crippen LogP contribution in [0.4, 0.5) is 0 Å². The van der Waals surface area contributed by atoms with Crippen LogP contribution < -0.4 is 0 Å². The average Bonchev–Trinajstić information content (AvgIpc) is 2.38. The number of hydrogen-bond donors (Lipinski definition) is 1. The van der Waals surface area contributed by atoms with Gasteiger partial charge in [-0.15, -0.1) is 0 Å². The Morgan fingerprint density at radius 2 is 1.85 bits per heavy atom. The summed E-state index contributed by atoms with van der Waals surface area (Å²) in [5.41, 5.74) is 0.0527. The average molecular weight is 301 g/mol. The maximum absolute atomic E-state index is 12.5. The molecule has 0 saturated carbocycles. The van der Waals surface area contributed by atoms with Crippen LogP contribution >= 0.6 is 0 Å². The second-order valence-electron chi connectivity index (χ2n) is 4.53. The summed E-state index contributed by atoms with van der Waals surface area (Å²) in [7, 11) is -2.15. The Hall–Kier alpha value is -1.44. The van der Waals surface area contributed by atoms with Gasteiger partial charge < -0.3 is 9.84 Å². The van der Waals surface area contributed by atoms with E-state index in [1.165, 1.54) is 35.7 Å². The highest BCUT2D eigenvalue weighted by atomic mass is 32.2. The lowest BCUT2D eigenvalue weighted by Crippen LogP contribution is -2.39. The van der Waals surface area contributed by atoms with E-state index >= 15 is 0 Å². The van der Waals surface area contributed by atoms with Gasteiger partial charge in [0.1, 0.15) is 0 Å². The maximum Gasteiger partial charge on any atom is 0.335 e. The van der Waals surface area contributed by atoms with Crippen molar-refractivity contribution in [3.8, 4) is 0 Å². The molecule has 0 bridgehead atoms. The van der Waals surface area contributed by atoms with Crippen LogP contribution in [0.25, 0.3) is 0 Å². The number of methoxy groups -OCH3 is 1. The van der Waals surface area contributed by atoms with E-state index in [0.717, 1.165) is 0 Å². The number of sulfonamides is 1. The number of benzene rings is 1. The van der Waals surface area contributed by atoms with Gasteiger partial charge >= 0.3 is 5.97 Å². The van der Waals surface area contributed by atoms with Crippen LogP contribution in [0.5, 0.6) is 0 Å². The molecule has 7 heteroatoms. The smallest absolute Gasteiger partial charge is 0.335 e. The number of hydrogen-bond acceptors (Lipinski definition) is 4. The zero-order valence-corrected chi connectivity index (χ0v) is 12.6. The van der Waals surface area contributed by atoms with Crippen LogP contribution in [0.2, 0.25) is 0 Å². The zero-order valence-electron chi connectivity index (χ0n) is 11.7. The molecule has 1 aromatic carbocycles. The van der Waals surface area contributed by atoms with Gasteiger partial charge in [0.05, 0.1) is 17.1 Å². The van der Waals surface area contributed by atoms with Gasteiger partial charge in [0.15, 0.2) is 0 Å². The molecule has 0 atom stereocenters. The highest BCUT2D eigenvalue weighted by Crippen LogP contribution is 2.18. The van der Waals surface area contributed by atoms with Gasteiger partial charge in [0.2, 0.25) is 10.0 Å². The van der Waals surface area contributed by atoms with Crippen molar-refractivity contribution in [1.29, 1.82) is 0 Å². The first kappa shape index (κ1) is 16.6. The van der Waals surface area contributed by atoms with Crippen LogP contribution in [0.3, 0.4) is 0 Å². The first-order valence-electron chi connectivity index (χ1n) is 6.15. The summed E-state index contributed by atoms with van der Waals surface area (Å²) in [4.78, 5) is 10.8. The number of aromatic carboxylic acids is 1. The number of carboxylic acids is 1. The number of rotatable bonds is 7. The predicted molar refractivity (Wildman–Crippen MR) is 74.3 cm³/mol. The fourth-order valence-corrected chi connectivity index (χ4v) is 3.36. The fourth-order valence-electron chi connectivity index (χ4n) is 1.74. The Labute approximate surface area is 119 Å². The number of carbonyl (C=O) groups is 1. The van der Waals surface area contributed by atoms with E-state index in [0.29, 0.717) is 6.61 Å². The second kappa shape index (κ2) is 6.83. The van der Waals surface area contributed by atoms with Gasteiger partial charge in [-0.1, -0.05) is 0 Å². The molecule has 0 aliphatic carbocycles. The molecule has 1 rings (SSSR count). The normalized spacial score (nSPS) is 12.1. The Bertz CT molecular complexity index is 551. The standard InChI is InChI=1S/C13H19NO5S/c1-10(2)14(8-9-19-3)20(17,18)12-6-4-11(5-7-12)13(15)16/h4-7,10H,8-9H2,1-3H3,(H,15,16). The van der Waals surface area contributed by atoms with Crippen molar-refractivity contribution in [1.82, 2.24) is 4.31 Å². The van der Waals surface area contributed by atoms with E-state index < -0.39 is 16.0 Å². The molecular weight excluding hydrogens is 282 g/mol. The molecule has 112 valence electrons. The van der Waals surface area contributed by atoms with Gasteiger partial charge in [-0.3, -0.25) is 0 Å². The summed E-state index contributed by atoms with van der Waals surface area (Å²) < 4.78 is 31.2. The first-order chi connectivity index (χ1) is 9.30. The largest absolute Gasteiger partial charge is 0.478 e. The third-order valence-corrected chi connectivity index (χ3v) is 4.89. The van der Waals surface area contributed by atoms with Gasteiger partial charge in [-0.05, 0) is 38.1 Å². The molecule has 0 fully saturated rings. The van der Waals surface area contributed by atoms with Gasteiger partial charge in [0.25, 0.3) is 0 Å². The van der Waals surface area contributed by atoms with Gasteiger partial charge in [-0.2, -0.15) is 4.31 Å². The van der Waals surface area contributed by atoms with E-state index in [9.17, 15) is 13.2 Å². The summed E-state index contributed by atoms with van der Waals surface area (Å²) in [6.07, 6.45) is 0. The summed E-state index contributed by atoms with van der Waals surface area (Å²) in [6, 6.07) is 4.96. The molecule has 0 heterocycles. The quantitative estimate of drug-likeness (QED) is 0.823. The number of ether oxygens (including phenoxy) is 1. The highest BCUT2D eigenvalue weighted by molar-refractivity contribution is 7.89. The van der Waals surface area contributed by atoms with Crippen molar-refractivity contribution in [3.63, 3.8) is 0 Å². The van der Waals surface area contributed by atoms with Crippen molar-refractivity contribution in [2.45, 2.75) is 24.8 Å². The van der Waals surface area contributed by atoms with Crippen molar-refractivity contribution < 1.29 is 23.1 Å². The first-order valence-corrected chi connectivity index (χ1v) is 7.59. The lowest BCUT2D eigenvalue weighted by atomic mass is 10.2. The van der Waals surface area contributed by atoms with Crippen molar-refractivity contribution >= 4 is 16.0 Å². The Kier molecular flexibility index (Phi) is 5.67.